The summed E-state index contributed by atoms with van der Waals surface area (Å²) in [6.07, 6.45) is 1.58. The monoisotopic (exact) mass is 472 g/mol. The number of hydrogen-bond donors (Lipinski definition) is 2. The lowest BCUT2D eigenvalue weighted by molar-refractivity contribution is -0.137. The average molecular weight is 473 g/mol. The Kier molecular flexibility index (Phi) is 8.73. The molecule has 1 heterocycles. The number of unbranched alkanes of at least 4 members (excludes halogenated alkanes) is 2. The standard InChI is InChI=1S/C26H31F3N4O/c1-4-6-7-8-19-9-11-21(12-10-19)32-25-30-17-23(26(27,28)29)24(33-25)31-20-13-15-22(16-14-20)34-18(3)5-2/h9-18H,4-8H2,1-3H3,(H2,30,31,32,33). The molecule has 1 atom stereocenters. The van der Waals surface area contributed by atoms with Gasteiger partial charge in [-0.15, -0.1) is 0 Å². The highest BCUT2D eigenvalue weighted by Gasteiger charge is 2.35. The number of anilines is 4. The van der Waals surface area contributed by atoms with Crippen molar-refractivity contribution in [1.29, 1.82) is 0 Å². The molecule has 0 aliphatic heterocycles. The van der Waals surface area contributed by atoms with Crippen LogP contribution in [0.2, 0.25) is 0 Å². The van der Waals surface area contributed by atoms with E-state index in [1.54, 1.807) is 24.3 Å². The highest BCUT2D eigenvalue weighted by Crippen LogP contribution is 2.35. The van der Waals surface area contributed by atoms with Crippen molar-refractivity contribution < 1.29 is 17.9 Å². The lowest BCUT2D eigenvalue weighted by atomic mass is 10.1. The normalized spacial score (nSPS) is 12.3. The zero-order valence-corrected chi connectivity index (χ0v) is 19.7. The van der Waals surface area contributed by atoms with Crippen molar-refractivity contribution in [3.8, 4) is 5.75 Å². The molecule has 2 N–H and O–H groups in total. The third kappa shape index (κ3) is 7.37. The second kappa shape index (κ2) is 11.7. The molecule has 0 bridgehead atoms. The van der Waals surface area contributed by atoms with Crippen LogP contribution in [-0.2, 0) is 12.6 Å². The van der Waals surface area contributed by atoms with E-state index in [4.69, 9.17) is 4.74 Å². The number of aromatic nitrogens is 2. The Bertz CT molecular complexity index is 1040. The summed E-state index contributed by atoms with van der Waals surface area (Å²) in [5.41, 5.74) is 1.44. The van der Waals surface area contributed by atoms with E-state index in [1.807, 2.05) is 38.1 Å². The molecular formula is C26H31F3N4O. The molecule has 34 heavy (non-hydrogen) atoms. The number of nitrogens with zero attached hydrogens (tertiary/aromatic N) is 2. The van der Waals surface area contributed by atoms with Crippen LogP contribution in [0.25, 0.3) is 0 Å². The molecule has 8 heteroatoms. The van der Waals surface area contributed by atoms with Gasteiger partial charge in [-0.3, -0.25) is 0 Å². The van der Waals surface area contributed by atoms with Gasteiger partial charge in [0.2, 0.25) is 5.95 Å². The van der Waals surface area contributed by atoms with Crippen LogP contribution >= 0.6 is 0 Å². The number of aryl methyl sites for hydroxylation is 1. The molecule has 3 aromatic rings. The zero-order valence-electron chi connectivity index (χ0n) is 19.7. The Balaban J connectivity index is 1.76. The second-order valence-electron chi connectivity index (χ2n) is 8.22. The van der Waals surface area contributed by atoms with Gasteiger partial charge in [0, 0.05) is 17.6 Å². The minimum atomic E-state index is -4.60. The second-order valence-corrected chi connectivity index (χ2v) is 8.22. The molecule has 0 fully saturated rings. The lowest BCUT2D eigenvalue weighted by Crippen LogP contribution is -2.13. The van der Waals surface area contributed by atoms with Crippen molar-refractivity contribution in [3.05, 3.63) is 65.9 Å². The molecule has 0 amide bonds. The van der Waals surface area contributed by atoms with Gasteiger partial charge in [-0.25, -0.2) is 4.98 Å². The fourth-order valence-corrected chi connectivity index (χ4v) is 3.28. The van der Waals surface area contributed by atoms with E-state index in [-0.39, 0.29) is 17.9 Å². The van der Waals surface area contributed by atoms with Crippen molar-refractivity contribution in [1.82, 2.24) is 9.97 Å². The zero-order chi connectivity index (χ0) is 24.6. The summed E-state index contributed by atoms with van der Waals surface area (Å²) in [5.74, 6) is 0.405. The number of halogens is 3. The fourth-order valence-electron chi connectivity index (χ4n) is 3.28. The van der Waals surface area contributed by atoms with Crippen molar-refractivity contribution in [3.63, 3.8) is 0 Å². The summed E-state index contributed by atoms with van der Waals surface area (Å²) in [6, 6.07) is 14.5. The Hall–Kier alpha value is -3.29. The van der Waals surface area contributed by atoms with E-state index < -0.39 is 11.7 Å². The quantitative estimate of drug-likeness (QED) is 0.278. The molecule has 5 nitrogen and oxygen atoms in total. The number of alkyl halides is 3. The van der Waals surface area contributed by atoms with Gasteiger partial charge in [-0.1, -0.05) is 38.8 Å². The first-order valence-electron chi connectivity index (χ1n) is 11.6. The Labute approximate surface area is 198 Å². The molecule has 1 unspecified atom stereocenters. The first-order chi connectivity index (χ1) is 16.3. The van der Waals surface area contributed by atoms with E-state index in [9.17, 15) is 13.2 Å². The van der Waals surface area contributed by atoms with E-state index in [0.717, 1.165) is 31.9 Å². The largest absolute Gasteiger partial charge is 0.491 e. The van der Waals surface area contributed by atoms with Crippen LogP contribution in [0.1, 0.15) is 57.6 Å². The van der Waals surface area contributed by atoms with E-state index in [0.29, 0.717) is 17.1 Å². The van der Waals surface area contributed by atoms with Crippen LogP contribution < -0.4 is 15.4 Å². The third-order valence-corrected chi connectivity index (χ3v) is 5.40. The van der Waals surface area contributed by atoms with Crippen LogP contribution in [0, 0.1) is 0 Å². The molecule has 0 saturated carbocycles. The van der Waals surface area contributed by atoms with Crippen molar-refractivity contribution in [2.75, 3.05) is 10.6 Å². The van der Waals surface area contributed by atoms with Crippen LogP contribution in [0.4, 0.5) is 36.3 Å². The number of ether oxygens (including phenoxy) is 1. The first-order valence-corrected chi connectivity index (χ1v) is 11.6. The molecule has 1 aromatic heterocycles. The van der Waals surface area contributed by atoms with E-state index in [1.165, 1.54) is 12.0 Å². The maximum atomic E-state index is 13.6. The Morgan fingerprint density at radius 2 is 1.56 bits per heavy atom. The highest BCUT2D eigenvalue weighted by molar-refractivity contribution is 5.63. The molecule has 2 aromatic carbocycles. The smallest absolute Gasteiger partial charge is 0.421 e. The van der Waals surface area contributed by atoms with Crippen molar-refractivity contribution in [2.24, 2.45) is 0 Å². The molecule has 0 saturated heterocycles. The predicted octanol–water partition coefficient (Wildman–Crippen LogP) is 7.89. The van der Waals surface area contributed by atoms with Gasteiger partial charge in [0.05, 0.1) is 6.10 Å². The fraction of sp³-hybridized carbons (Fsp3) is 0.385. The number of nitrogens with one attached hydrogen (secondary N) is 2. The lowest BCUT2D eigenvalue weighted by Gasteiger charge is -2.16. The van der Waals surface area contributed by atoms with Gasteiger partial charge in [0.1, 0.15) is 17.1 Å². The molecule has 0 aliphatic carbocycles. The van der Waals surface area contributed by atoms with Gasteiger partial charge in [-0.05, 0) is 68.1 Å². The van der Waals surface area contributed by atoms with Crippen LogP contribution in [-0.4, -0.2) is 16.1 Å². The minimum absolute atomic E-state index is 0.0524. The van der Waals surface area contributed by atoms with Crippen LogP contribution in [0.3, 0.4) is 0 Å². The van der Waals surface area contributed by atoms with Gasteiger partial charge in [0.15, 0.2) is 0 Å². The topological polar surface area (TPSA) is 59.1 Å². The summed E-state index contributed by atoms with van der Waals surface area (Å²) in [5, 5.41) is 5.76. The summed E-state index contributed by atoms with van der Waals surface area (Å²) >= 11 is 0. The summed E-state index contributed by atoms with van der Waals surface area (Å²) in [7, 11) is 0. The Morgan fingerprint density at radius 1 is 0.912 bits per heavy atom. The molecule has 0 aliphatic rings. The van der Waals surface area contributed by atoms with Gasteiger partial charge < -0.3 is 15.4 Å². The number of benzene rings is 2. The maximum Gasteiger partial charge on any atom is 0.421 e. The number of hydrogen-bond acceptors (Lipinski definition) is 5. The highest BCUT2D eigenvalue weighted by atomic mass is 19.4. The molecular weight excluding hydrogens is 441 g/mol. The summed E-state index contributed by atoms with van der Waals surface area (Å²) in [4.78, 5) is 7.99. The van der Waals surface area contributed by atoms with Gasteiger partial charge in [0.25, 0.3) is 0 Å². The van der Waals surface area contributed by atoms with Crippen molar-refractivity contribution in [2.45, 2.75) is 65.2 Å². The summed E-state index contributed by atoms with van der Waals surface area (Å²) < 4.78 is 46.4. The van der Waals surface area contributed by atoms with Gasteiger partial charge >= 0.3 is 6.18 Å². The summed E-state index contributed by atoms with van der Waals surface area (Å²) in [6.45, 7) is 6.14. The van der Waals surface area contributed by atoms with Crippen molar-refractivity contribution >= 4 is 23.1 Å². The van der Waals surface area contributed by atoms with E-state index >= 15 is 0 Å². The SMILES string of the molecule is CCCCCc1ccc(Nc2ncc(C(F)(F)F)c(Nc3ccc(OC(C)CC)cc3)n2)cc1. The maximum absolute atomic E-state index is 13.6. The molecule has 3 rings (SSSR count). The Morgan fingerprint density at radius 3 is 2.18 bits per heavy atom. The molecule has 182 valence electrons. The average Bonchev–Trinajstić information content (AvgIpc) is 2.81. The van der Waals surface area contributed by atoms with Crippen LogP contribution in [0.5, 0.6) is 5.75 Å². The minimum Gasteiger partial charge on any atom is -0.491 e. The van der Waals surface area contributed by atoms with E-state index in [2.05, 4.69) is 27.5 Å². The first kappa shape index (κ1) is 25.3. The molecule has 0 radical (unpaired) electrons. The number of rotatable bonds is 11. The predicted molar refractivity (Wildman–Crippen MR) is 130 cm³/mol. The third-order valence-electron chi connectivity index (χ3n) is 5.40. The van der Waals surface area contributed by atoms with Crippen LogP contribution in [0.15, 0.2) is 54.7 Å². The van der Waals surface area contributed by atoms with Gasteiger partial charge in [-0.2, -0.15) is 18.2 Å². The molecule has 0 spiro atoms.